The molecule has 45 heavy (non-hydrogen) atoms. The predicted molar refractivity (Wildman–Crippen MR) is 160 cm³/mol. The van der Waals surface area contributed by atoms with E-state index in [4.69, 9.17) is 5.73 Å². The third kappa shape index (κ3) is 6.75. The Balaban J connectivity index is 0.000000377. The van der Waals surface area contributed by atoms with Gasteiger partial charge in [-0.3, -0.25) is 28.6 Å². The summed E-state index contributed by atoms with van der Waals surface area (Å²) in [6.07, 6.45) is 7.74. The summed E-state index contributed by atoms with van der Waals surface area (Å²) in [6, 6.07) is 9.02. The number of nitrogens with zero attached hydrogens (tertiary/aromatic N) is 3. The summed E-state index contributed by atoms with van der Waals surface area (Å²) >= 11 is 3.02. The van der Waals surface area contributed by atoms with E-state index in [1.165, 1.54) is 60.6 Å². The molecule has 4 N–H and O–H groups in total. The molecule has 14 nitrogen and oxygen atoms in total. The van der Waals surface area contributed by atoms with E-state index in [1.54, 1.807) is 15.5 Å². The molecule has 17 heteroatoms. The van der Waals surface area contributed by atoms with Gasteiger partial charge < -0.3 is 25.9 Å². The van der Waals surface area contributed by atoms with Crippen LogP contribution >= 0.6 is 23.5 Å². The van der Waals surface area contributed by atoms with E-state index in [-0.39, 0.29) is 35.0 Å². The topological polar surface area (TPSA) is 211 Å². The molecule has 4 amide bonds. The van der Waals surface area contributed by atoms with Crippen LogP contribution in [0.5, 0.6) is 0 Å². The summed E-state index contributed by atoms with van der Waals surface area (Å²) in [5, 5.41) is 12.0. The molecule has 6 rings (SSSR count). The number of benzene rings is 1. The molecular weight excluding hydrogens is 647 g/mol. The second-order valence-corrected chi connectivity index (χ2v) is 14.1. The standard InChI is InChI=1S/C22H20N4O8S2.C6H7NOS/c23-18(27)13-6-8-25(9-7-13)10-14-11-35-21-15(20(29)26(21)16(14)22(30)31)24-19(28)17(36(32,33)34)12-4-2-1-3-5-12;8-5-4-6-7(5)2-1-3-9-6/h1-9,15,17,21H,10-11H2,(H4-,23,24,27,28,30,31,32,33,34);1-2,6H,3-4H2/t15-,17?,21-;6-/m11/s1. The van der Waals surface area contributed by atoms with Crippen LogP contribution in [0.4, 0.5) is 0 Å². The Morgan fingerprint density at radius 2 is 1.80 bits per heavy atom. The lowest BCUT2D eigenvalue weighted by molar-refractivity contribution is -0.689. The van der Waals surface area contributed by atoms with Gasteiger partial charge in [-0.15, -0.1) is 23.5 Å². The van der Waals surface area contributed by atoms with Crippen LogP contribution < -0.4 is 20.7 Å². The molecule has 0 spiro atoms. The van der Waals surface area contributed by atoms with Gasteiger partial charge >= 0.3 is 0 Å². The molecule has 4 aliphatic heterocycles. The Morgan fingerprint density at radius 3 is 2.36 bits per heavy atom. The van der Waals surface area contributed by atoms with Gasteiger partial charge in [0.25, 0.3) is 16.0 Å². The van der Waals surface area contributed by atoms with Crippen molar-refractivity contribution in [2.24, 2.45) is 5.73 Å². The Labute approximate surface area is 266 Å². The summed E-state index contributed by atoms with van der Waals surface area (Å²) in [6.45, 7) is 0.0850. The zero-order chi connectivity index (χ0) is 32.5. The lowest BCUT2D eigenvalue weighted by Gasteiger charge is -2.50. The SMILES string of the molecule is NC(=O)c1cc[n+](CC2=C(C(=O)[O-])N3C(=O)[C@@H](NC(=O)C(c4ccccc4)S(=O)(=O)O)[C@H]3SC2)cc1.O=C1C[C@H]2SCC=CN12. The highest BCUT2D eigenvalue weighted by Crippen LogP contribution is 2.40. The lowest BCUT2D eigenvalue weighted by atomic mass is 10.0. The fourth-order valence-corrected chi connectivity index (χ4v) is 8.30. The van der Waals surface area contributed by atoms with Gasteiger partial charge in [0.15, 0.2) is 24.2 Å². The molecule has 0 saturated carbocycles. The fraction of sp³-hybridized carbons (Fsp3) is 0.286. The first-order valence-corrected chi connectivity index (χ1v) is 17.0. The number of carboxylic acid groups (broad SMARTS) is 1. The van der Waals surface area contributed by atoms with Crippen LogP contribution in [0.2, 0.25) is 0 Å². The summed E-state index contributed by atoms with van der Waals surface area (Å²) in [7, 11) is -4.86. The van der Waals surface area contributed by atoms with Crippen molar-refractivity contribution in [2.75, 3.05) is 11.5 Å². The Hall–Kier alpha value is -4.19. The summed E-state index contributed by atoms with van der Waals surface area (Å²) in [5.41, 5.74) is 5.53. The van der Waals surface area contributed by atoms with Gasteiger partial charge in [-0.2, -0.15) is 8.42 Å². The number of nitrogens with one attached hydrogen (secondary N) is 1. The van der Waals surface area contributed by atoms with Crippen molar-refractivity contribution < 1.29 is 46.6 Å². The average molecular weight is 674 g/mol. The van der Waals surface area contributed by atoms with E-state index in [0.717, 1.165) is 17.1 Å². The molecule has 0 bridgehead atoms. The Kier molecular flexibility index (Phi) is 9.33. The molecule has 0 aliphatic carbocycles. The van der Waals surface area contributed by atoms with Crippen LogP contribution in [-0.2, 0) is 35.8 Å². The van der Waals surface area contributed by atoms with Crippen LogP contribution in [-0.4, -0.2) is 80.7 Å². The first kappa shape index (κ1) is 32.2. The molecule has 4 aliphatic rings. The number of aromatic nitrogens is 1. The van der Waals surface area contributed by atoms with E-state index in [9.17, 15) is 42.0 Å². The van der Waals surface area contributed by atoms with Gasteiger partial charge in [0.1, 0.15) is 11.4 Å². The summed E-state index contributed by atoms with van der Waals surface area (Å²) in [4.78, 5) is 62.4. The van der Waals surface area contributed by atoms with Crippen molar-refractivity contribution in [3.63, 3.8) is 0 Å². The maximum absolute atomic E-state index is 12.9. The zero-order valence-electron chi connectivity index (χ0n) is 23.3. The van der Waals surface area contributed by atoms with Crippen LogP contribution in [0, 0.1) is 0 Å². The number of nitrogens with two attached hydrogens (primary N) is 1. The number of hydrogen-bond donors (Lipinski definition) is 3. The molecule has 0 radical (unpaired) electrons. The third-order valence-electron chi connectivity index (χ3n) is 7.32. The number of carbonyl (C=O) groups is 5. The van der Waals surface area contributed by atoms with Crippen LogP contribution in [0.3, 0.4) is 0 Å². The molecule has 5 heterocycles. The minimum Gasteiger partial charge on any atom is -0.543 e. The van der Waals surface area contributed by atoms with Gasteiger partial charge in [-0.1, -0.05) is 36.4 Å². The number of amides is 4. The minimum absolute atomic E-state index is 0.00871. The van der Waals surface area contributed by atoms with Crippen molar-refractivity contribution in [3.8, 4) is 0 Å². The molecule has 1 aromatic heterocycles. The predicted octanol–water partition coefficient (Wildman–Crippen LogP) is -1.09. The highest BCUT2D eigenvalue weighted by molar-refractivity contribution is 8.00. The summed E-state index contributed by atoms with van der Waals surface area (Å²) < 4.78 is 35.1. The maximum Gasteiger partial charge on any atom is 0.281 e. The first-order chi connectivity index (χ1) is 21.4. The maximum atomic E-state index is 12.9. The van der Waals surface area contributed by atoms with E-state index >= 15 is 0 Å². The van der Waals surface area contributed by atoms with Gasteiger partial charge in [0.2, 0.25) is 17.7 Å². The van der Waals surface area contributed by atoms with Crippen LogP contribution in [0.25, 0.3) is 0 Å². The number of thioether (sulfide) groups is 2. The quantitative estimate of drug-likeness (QED) is 0.174. The molecule has 4 atom stereocenters. The highest BCUT2D eigenvalue weighted by atomic mass is 32.2. The molecule has 1 aromatic carbocycles. The van der Waals surface area contributed by atoms with E-state index < -0.39 is 50.5 Å². The minimum atomic E-state index is -4.86. The Bertz CT molecular complexity index is 1710. The smallest absolute Gasteiger partial charge is 0.281 e. The lowest BCUT2D eigenvalue weighted by Crippen LogP contribution is -2.71. The molecule has 236 valence electrons. The van der Waals surface area contributed by atoms with Gasteiger partial charge in [-0.25, -0.2) is 4.57 Å². The second kappa shape index (κ2) is 13.0. The molecule has 1 unspecified atom stereocenters. The molecular formula is C28H27N5O9S3. The first-order valence-electron chi connectivity index (χ1n) is 13.4. The third-order valence-corrected chi connectivity index (χ3v) is 10.9. The molecule has 2 saturated heterocycles. The van der Waals surface area contributed by atoms with Crippen molar-refractivity contribution in [1.82, 2.24) is 15.1 Å². The number of primary amides is 1. The number of fused-ring (bicyclic) bond motifs is 2. The van der Waals surface area contributed by atoms with Crippen molar-refractivity contribution in [2.45, 2.75) is 35.0 Å². The molecule has 2 fully saturated rings. The number of carbonyl (C=O) groups excluding carboxylic acids is 5. The number of rotatable bonds is 8. The van der Waals surface area contributed by atoms with Crippen molar-refractivity contribution >= 4 is 63.2 Å². The van der Waals surface area contributed by atoms with Crippen LogP contribution in [0.1, 0.15) is 27.6 Å². The fourth-order valence-electron chi connectivity index (χ4n) is 5.10. The van der Waals surface area contributed by atoms with Gasteiger partial charge in [0, 0.05) is 35.4 Å². The van der Waals surface area contributed by atoms with E-state index in [2.05, 4.69) is 5.32 Å². The molecule has 2 aromatic rings. The van der Waals surface area contributed by atoms with E-state index in [1.807, 2.05) is 24.0 Å². The van der Waals surface area contributed by atoms with Crippen molar-refractivity contribution in [1.29, 1.82) is 0 Å². The highest BCUT2D eigenvalue weighted by Gasteiger charge is 2.54. The van der Waals surface area contributed by atoms with Crippen molar-refractivity contribution in [3.05, 3.63) is 89.5 Å². The van der Waals surface area contributed by atoms with Gasteiger partial charge in [0.05, 0.1) is 29.0 Å². The van der Waals surface area contributed by atoms with E-state index in [0.29, 0.717) is 10.9 Å². The largest absolute Gasteiger partial charge is 0.543 e. The number of pyridine rings is 1. The number of hydrogen-bond acceptors (Lipinski definition) is 10. The number of β-lactam (4-membered cyclic amide) rings is 2. The normalized spacial score (nSPS) is 22.6. The zero-order valence-corrected chi connectivity index (χ0v) is 25.8. The number of aliphatic carboxylic acids is 1. The summed E-state index contributed by atoms with van der Waals surface area (Å²) in [5.74, 6) is -2.56. The Morgan fingerprint density at radius 1 is 1.11 bits per heavy atom. The van der Waals surface area contributed by atoms with Gasteiger partial charge in [-0.05, 0) is 5.56 Å². The number of carboxylic acids is 1. The second-order valence-electron chi connectivity index (χ2n) is 10.2. The average Bonchev–Trinajstić information content (AvgIpc) is 2.99. The monoisotopic (exact) mass is 673 g/mol. The van der Waals surface area contributed by atoms with Crippen LogP contribution in [0.15, 0.2) is 78.4 Å².